The van der Waals surface area contributed by atoms with E-state index in [2.05, 4.69) is 29.1 Å². The Labute approximate surface area is 103 Å². The van der Waals surface area contributed by atoms with E-state index in [0.29, 0.717) is 18.4 Å². The first-order valence-electron chi connectivity index (χ1n) is 6.59. The SMILES string of the molecule is CCCNc1cc(OCCC)nc(C2CC2)n1. The molecule has 0 saturated heterocycles. The van der Waals surface area contributed by atoms with Crippen LogP contribution in [0.1, 0.15) is 51.3 Å². The zero-order valence-electron chi connectivity index (χ0n) is 10.7. The molecule has 0 spiro atoms. The zero-order valence-corrected chi connectivity index (χ0v) is 10.7. The molecule has 1 aliphatic carbocycles. The Morgan fingerprint density at radius 2 is 2.12 bits per heavy atom. The van der Waals surface area contributed by atoms with Gasteiger partial charge in [0.2, 0.25) is 5.88 Å². The van der Waals surface area contributed by atoms with Crippen LogP contribution in [0.15, 0.2) is 6.07 Å². The molecule has 1 aliphatic rings. The normalized spacial score (nSPS) is 14.7. The molecule has 17 heavy (non-hydrogen) atoms. The monoisotopic (exact) mass is 235 g/mol. The predicted octanol–water partition coefficient (Wildman–Crippen LogP) is 2.96. The minimum atomic E-state index is 0.558. The average molecular weight is 235 g/mol. The van der Waals surface area contributed by atoms with Gasteiger partial charge < -0.3 is 10.1 Å². The molecule has 0 unspecified atom stereocenters. The van der Waals surface area contributed by atoms with E-state index in [9.17, 15) is 0 Å². The fourth-order valence-corrected chi connectivity index (χ4v) is 1.59. The fraction of sp³-hybridized carbons (Fsp3) is 0.692. The van der Waals surface area contributed by atoms with E-state index in [0.717, 1.165) is 31.0 Å². The van der Waals surface area contributed by atoms with Gasteiger partial charge in [-0.1, -0.05) is 13.8 Å². The molecular formula is C13H21N3O. The molecule has 2 rings (SSSR count). The summed E-state index contributed by atoms with van der Waals surface area (Å²) in [5, 5.41) is 3.30. The van der Waals surface area contributed by atoms with Crippen LogP contribution in [0.5, 0.6) is 5.88 Å². The summed E-state index contributed by atoms with van der Waals surface area (Å²) >= 11 is 0. The van der Waals surface area contributed by atoms with E-state index in [4.69, 9.17) is 4.74 Å². The maximum Gasteiger partial charge on any atom is 0.218 e. The summed E-state index contributed by atoms with van der Waals surface area (Å²) in [6.07, 6.45) is 4.52. The summed E-state index contributed by atoms with van der Waals surface area (Å²) in [4.78, 5) is 9.01. The van der Waals surface area contributed by atoms with Gasteiger partial charge in [-0.05, 0) is 25.7 Å². The van der Waals surface area contributed by atoms with Crippen molar-refractivity contribution < 1.29 is 4.74 Å². The van der Waals surface area contributed by atoms with Gasteiger partial charge in [0.15, 0.2) is 0 Å². The molecule has 1 N–H and O–H groups in total. The van der Waals surface area contributed by atoms with E-state index in [1.807, 2.05) is 6.07 Å². The van der Waals surface area contributed by atoms with E-state index in [1.165, 1.54) is 12.8 Å². The van der Waals surface area contributed by atoms with Crippen LogP contribution >= 0.6 is 0 Å². The molecule has 1 aromatic rings. The maximum atomic E-state index is 5.60. The number of anilines is 1. The summed E-state index contributed by atoms with van der Waals surface area (Å²) in [6, 6.07) is 1.90. The van der Waals surface area contributed by atoms with Gasteiger partial charge in [0.1, 0.15) is 11.6 Å². The van der Waals surface area contributed by atoms with E-state index in [-0.39, 0.29) is 0 Å². The molecule has 1 fully saturated rings. The minimum absolute atomic E-state index is 0.558. The largest absolute Gasteiger partial charge is 0.478 e. The van der Waals surface area contributed by atoms with Crippen LogP contribution in [-0.4, -0.2) is 23.1 Å². The standard InChI is InChI=1S/C13H21N3O/c1-3-7-14-11-9-12(17-8-4-2)16-13(15-11)10-5-6-10/h9-10H,3-8H2,1-2H3,(H,14,15,16). The first-order chi connectivity index (χ1) is 8.33. The molecule has 4 nitrogen and oxygen atoms in total. The number of nitrogens with one attached hydrogen (secondary N) is 1. The van der Waals surface area contributed by atoms with Crippen molar-refractivity contribution in [2.24, 2.45) is 0 Å². The molecule has 0 bridgehead atoms. The van der Waals surface area contributed by atoms with Crippen LogP contribution in [0, 0.1) is 0 Å². The lowest BCUT2D eigenvalue weighted by Gasteiger charge is -2.09. The molecule has 0 radical (unpaired) electrons. The number of hydrogen-bond donors (Lipinski definition) is 1. The lowest BCUT2D eigenvalue weighted by atomic mass is 10.3. The highest BCUT2D eigenvalue weighted by Gasteiger charge is 2.27. The number of hydrogen-bond acceptors (Lipinski definition) is 4. The van der Waals surface area contributed by atoms with Crippen LogP contribution in [-0.2, 0) is 0 Å². The molecule has 1 heterocycles. The Kier molecular flexibility index (Phi) is 4.18. The Bertz CT molecular complexity index is 337. The molecule has 1 saturated carbocycles. The second-order valence-corrected chi connectivity index (χ2v) is 4.50. The zero-order chi connectivity index (χ0) is 12.1. The highest BCUT2D eigenvalue weighted by molar-refractivity contribution is 5.39. The maximum absolute atomic E-state index is 5.60. The third-order valence-corrected chi connectivity index (χ3v) is 2.67. The smallest absolute Gasteiger partial charge is 0.218 e. The summed E-state index contributed by atoms with van der Waals surface area (Å²) < 4.78 is 5.60. The molecule has 4 heteroatoms. The van der Waals surface area contributed by atoms with Crippen molar-refractivity contribution in [1.82, 2.24) is 9.97 Å². The first-order valence-corrected chi connectivity index (χ1v) is 6.59. The van der Waals surface area contributed by atoms with Crippen molar-refractivity contribution in [3.05, 3.63) is 11.9 Å². The van der Waals surface area contributed by atoms with Crippen molar-refractivity contribution >= 4 is 5.82 Å². The van der Waals surface area contributed by atoms with Crippen molar-refractivity contribution in [3.63, 3.8) is 0 Å². The van der Waals surface area contributed by atoms with Crippen LogP contribution in [0.2, 0.25) is 0 Å². The van der Waals surface area contributed by atoms with E-state index >= 15 is 0 Å². The molecule has 0 aromatic carbocycles. The van der Waals surface area contributed by atoms with Crippen LogP contribution in [0.25, 0.3) is 0 Å². The Morgan fingerprint density at radius 1 is 1.29 bits per heavy atom. The number of rotatable bonds is 7. The van der Waals surface area contributed by atoms with Crippen LogP contribution in [0.3, 0.4) is 0 Å². The van der Waals surface area contributed by atoms with Gasteiger partial charge in [-0.2, -0.15) is 4.98 Å². The van der Waals surface area contributed by atoms with Gasteiger partial charge in [-0.15, -0.1) is 0 Å². The average Bonchev–Trinajstić information content (AvgIpc) is 3.18. The highest BCUT2D eigenvalue weighted by Crippen LogP contribution is 2.39. The molecule has 1 aromatic heterocycles. The third kappa shape index (κ3) is 3.58. The number of aromatic nitrogens is 2. The number of nitrogens with zero attached hydrogens (tertiary/aromatic N) is 2. The fourth-order valence-electron chi connectivity index (χ4n) is 1.59. The van der Waals surface area contributed by atoms with Crippen molar-refractivity contribution in [2.45, 2.75) is 45.4 Å². The second kappa shape index (κ2) is 5.84. The molecular weight excluding hydrogens is 214 g/mol. The second-order valence-electron chi connectivity index (χ2n) is 4.50. The topological polar surface area (TPSA) is 47.0 Å². The summed E-state index contributed by atoms with van der Waals surface area (Å²) in [7, 11) is 0. The van der Waals surface area contributed by atoms with Crippen molar-refractivity contribution in [1.29, 1.82) is 0 Å². The number of ether oxygens (including phenoxy) is 1. The van der Waals surface area contributed by atoms with Gasteiger partial charge in [-0.3, -0.25) is 0 Å². The van der Waals surface area contributed by atoms with Crippen LogP contribution < -0.4 is 10.1 Å². The van der Waals surface area contributed by atoms with Crippen molar-refractivity contribution in [3.8, 4) is 5.88 Å². The van der Waals surface area contributed by atoms with Gasteiger partial charge in [0, 0.05) is 18.5 Å². The van der Waals surface area contributed by atoms with Gasteiger partial charge >= 0.3 is 0 Å². The highest BCUT2D eigenvalue weighted by atomic mass is 16.5. The van der Waals surface area contributed by atoms with Gasteiger partial charge in [0.05, 0.1) is 6.61 Å². The minimum Gasteiger partial charge on any atom is -0.478 e. The van der Waals surface area contributed by atoms with E-state index in [1.54, 1.807) is 0 Å². The lowest BCUT2D eigenvalue weighted by molar-refractivity contribution is 0.303. The Morgan fingerprint density at radius 3 is 2.76 bits per heavy atom. The van der Waals surface area contributed by atoms with Crippen LogP contribution in [0.4, 0.5) is 5.82 Å². The molecule has 0 atom stereocenters. The summed E-state index contributed by atoms with van der Waals surface area (Å²) in [5.74, 6) is 3.11. The molecule has 0 aliphatic heterocycles. The third-order valence-electron chi connectivity index (χ3n) is 2.67. The van der Waals surface area contributed by atoms with Gasteiger partial charge in [-0.25, -0.2) is 4.98 Å². The first kappa shape index (κ1) is 12.1. The molecule has 0 amide bonds. The van der Waals surface area contributed by atoms with Gasteiger partial charge in [0.25, 0.3) is 0 Å². The quantitative estimate of drug-likeness (QED) is 0.789. The Hall–Kier alpha value is -1.32. The summed E-state index contributed by atoms with van der Waals surface area (Å²) in [6.45, 7) is 5.90. The van der Waals surface area contributed by atoms with E-state index < -0.39 is 0 Å². The molecule has 94 valence electrons. The predicted molar refractivity (Wildman–Crippen MR) is 68.6 cm³/mol. The van der Waals surface area contributed by atoms with Crippen molar-refractivity contribution in [2.75, 3.05) is 18.5 Å². The Balaban J connectivity index is 2.10. The summed E-state index contributed by atoms with van der Waals surface area (Å²) in [5.41, 5.74) is 0. The lowest BCUT2D eigenvalue weighted by Crippen LogP contribution is -2.07.